The Morgan fingerprint density at radius 3 is 2.42 bits per heavy atom. The molecule has 10 heteroatoms. The first-order chi connectivity index (χ1) is 11.4. The first kappa shape index (κ1) is 17.4. The summed E-state index contributed by atoms with van der Waals surface area (Å²) in [5.74, 6) is -2.95. The fourth-order valence-corrected chi connectivity index (χ4v) is 1.72. The van der Waals surface area contributed by atoms with Gasteiger partial charge in [-0.2, -0.15) is 8.78 Å². The Morgan fingerprint density at radius 2 is 1.83 bits per heavy atom. The zero-order chi connectivity index (χ0) is 17.7. The number of rotatable bonds is 5. The quantitative estimate of drug-likeness (QED) is 0.528. The summed E-state index contributed by atoms with van der Waals surface area (Å²) in [7, 11) is 1.22. The SMILES string of the molecule is COc1cc(C(=O)NNC(=O)C(=O)NC2CC2)ccc1OC(F)F. The average Bonchev–Trinajstić information content (AvgIpc) is 3.35. The number of ether oxygens (including phenoxy) is 2. The van der Waals surface area contributed by atoms with Crippen LogP contribution in [0.2, 0.25) is 0 Å². The molecule has 8 nitrogen and oxygen atoms in total. The van der Waals surface area contributed by atoms with Gasteiger partial charge in [0.2, 0.25) is 0 Å². The van der Waals surface area contributed by atoms with Crippen molar-refractivity contribution in [2.45, 2.75) is 25.5 Å². The number of hydrazine groups is 1. The van der Waals surface area contributed by atoms with Crippen molar-refractivity contribution in [3.63, 3.8) is 0 Å². The Bertz CT molecular complexity index is 649. The molecule has 0 heterocycles. The maximum atomic E-state index is 12.2. The minimum Gasteiger partial charge on any atom is -0.493 e. The number of amides is 3. The maximum absolute atomic E-state index is 12.2. The fourth-order valence-electron chi connectivity index (χ4n) is 1.72. The van der Waals surface area contributed by atoms with Gasteiger partial charge in [-0.25, -0.2) is 0 Å². The average molecular weight is 343 g/mol. The van der Waals surface area contributed by atoms with Crippen molar-refractivity contribution >= 4 is 17.7 Å². The molecule has 2 rings (SSSR count). The van der Waals surface area contributed by atoms with Gasteiger partial charge >= 0.3 is 18.4 Å². The molecule has 0 bridgehead atoms. The second-order valence-corrected chi connectivity index (χ2v) is 4.90. The van der Waals surface area contributed by atoms with Gasteiger partial charge in [0.25, 0.3) is 5.91 Å². The number of benzene rings is 1. The highest BCUT2D eigenvalue weighted by Gasteiger charge is 2.26. The Labute approximate surface area is 135 Å². The van der Waals surface area contributed by atoms with E-state index in [0.717, 1.165) is 25.0 Å². The van der Waals surface area contributed by atoms with Crippen LogP contribution in [-0.2, 0) is 9.59 Å². The number of alkyl halides is 2. The molecule has 1 aliphatic rings. The van der Waals surface area contributed by atoms with Crippen LogP contribution in [0.15, 0.2) is 18.2 Å². The molecule has 130 valence electrons. The van der Waals surface area contributed by atoms with E-state index in [0.29, 0.717) is 0 Å². The zero-order valence-corrected chi connectivity index (χ0v) is 12.6. The van der Waals surface area contributed by atoms with Crippen LogP contribution >= 0.6 is 0 Å². The standard InChI is InChI=1S/C14H15F2N3O5/c1-23-10-6-7(2-5-9(10)24-14(15)16)11(20)18-19-13(22)12(21)17-8-3-4-8/h2,5-6,8,14H,3-4H2,1H3,(H,17,21)(H,18,20)(H,19,22). The lowest BCUT2D eigenvalue weighted by Crippen LogP contribution is -2.48. The minimum atomic E-state index is -3.04. The van der Waals surface area contributed by atoms with Crippen molar-refractivity contribution in [3.8, 4) is 11.5 Å². The van der Waals surface area contributed by atoms with Crippen LogP contribution in [0.5, 0.6) is 11.5 Å². The number of hydrogen-bond acceptors (Lipinski definition) is 5. The lowest BCUT2D eigenvalue weighted by atomic mass is 10.2. The fraction of sp³-hybridized carbons (Fsp3) is 0.357. The first-order valence-corrected chi connectivity index (χ1v) is 6.94. The summed E-state index contributed by atoms with van der Waals surface area (Å²) >= 11 is 0. The predicted molar refractivity (Wildman–Crippen MR) is 76.4 cm³/mol. The van der Waals surface area contributed by atoms with Crippen LogP contribution < -0.4 is 25.6 Å². The van der Waals surface area contributed by atoms with Crippen molar-refractivity contribution in [2.24, 2.45) is 0 Å². The van der Waals surface area contributed by atoms with Crippen molar-refractivity contribution in [1.82, 2.24) is 16.2 Å². The van der Waals surface area contributed by atoms with E-state index >= 15 is 0 Å². The summed E-state index contributed by atoms with van der Waals surface area (Å²) in [6.45, 7) is -3.04. The predicted octanol–water partition coefficient (Wildman–Crippen LogP) is 0.336. The van der Waals surface area contributed by atoms with E-state index in [1.165, 1.54) is 13.2 Å². The second-order valence-electron chi connectivity index (χ2n) is 4.90. The third-order valence-electron chi connectivity index (χ3n) is 3.05. The van der Waals surface area contributed by atoms with E-state index in [1.54, 1.807) is 0 Å². The number of methoxy groups -OCH3 is 1. The highest BCUT2D eigenvalue weighted by molar-refractivity contribution is 6.35. The van der Waals surface area contributed by atoms with E-state index < -0.39 is 24.3 Å². The second kappa shape index (κ2) is 7.57. The molecule has 1 saturated carbocycles. The molecule has 3 N–H and O–H groups in total. The van der Waals surface area contributed by atoms with Crippen LogP contribution in [0.25, 0.3) is 0 Å². The lowest BCUT2D eigenvalue weighted by Gasteiger charge is -2.12. The molecule has 3 amide bonds. The largest absolute Gasteiger partial charge is 0.493 e. The van der Waals surface area contributed by atoms with Crippen LogP contribution in [0.3, 0.4) is 0 Å². The Hall–Kier alpha value is -2.91. The number of nitrogens with one attached hydrogen (secondary N) is 3. The number of halogens is 2. The molecular formula is C14H15F2N3O5. The lowest BCUT2D eigenvalue weighted by molar-refractivity contribution is -0.139. The summed E-state index contributed by atoms with van der Waals surface area (Å²) in [4.78, 5) is 34.8. The monoisotopic (exact) mass is 343 g/mol. The van der Waals surface area contributed by atoms with Gasteiger partial charge < -0.3 is 14.8 Å². The molecule has 0 saturated heterocycles. The van der Waals surface area contributed by atoms with E-state index in [1.807, 2.05) is 10.9 Å². The number of carbonyl (C=O) groups excluding carboxylic acids is 3. The maximum Gasteiger partial charge on any atom is 0.387 e. The molecule has 1 aromatic carbocycles. The smallest absolute Gasteiger partial charge is 0.387 e. The minimum absolute atomic E-state index is 0.00518. The highest BCUT2D eigenvalue weighted by Crippen LogP contribution is 2.29. The Morgan fingerprint density at radius 1 is 1.12 bits per heavy atom. The Kier molecular flexibility index (Phi) is 5.51. The molecule has 0 aliphatic heterocycles. The molecule has 1 fully saturated rings. The summed E-state index contributed by atoms with van der Waals surface area (Å²) in [5, 5.41) is 2.45. The number of hydrogen-bond donors (Lipinski definition) is 3. The van der Waals surface area contributed by atoms with Gasteiger partial charge in [0.15, 0.2) is 11.5 Å². The number of carbonyl (C=O) groups is 3. The van der Waals surface area contributed by atoms with Crippen molar-refractivity contribution in [3.05, 3.63) is 23.8 Å². The van der Waals surface area contributed by atoms with Gasteiger partial charge in [-0.1, -0.05) is 0 Å². The molecular weight excluding hydrogens is 328 g/mol. The van der Waals surface area contributed by atoms with Crippen molar-refractivity contribution in [1.29, 1.82) is 0 Å². The molecule has 0 unspecified atom stereocenters. The topological polar surface area (TPSA) is 106 Å². The molecule has 1 aliphatic carbocycles. The van der Waals surface area contributed by atoms with Crippen molar-refractivity contribution in [2.75, 3.05) is 7.11 Å². The first-order valence-electron chi connectivity index (χ1n) is 6.94. The van der Waals surface area contributed by atoms with Crippen LogP contribution in [0.1, 0.15) is 23.2 Å². The van der Waals surface area contributed by atoms with Gasteiger partial charge in [-0.3, -0.25) is 25.2 Å². The molecule has 0 spiro atoms. The summed E-state index contributed by atoms with van der Waals surface area (Å²) < 4.78 is 33.6. The molecule has 0 aromatic heterocycles. The molecule has 0 atom stereocenters. The van der Waals surface area contributed by atoms with Gasteiger partial charge in [-0.15, -0.1) is 0 Å². The Balaban J connectivity index is 1.93. The van der Waals surface area contributed by atoms with Gasteiger partial charge in [0.05, 0.1) is 7.11 Å². The third-order valence-corrected chi connectivity index (χ3v) is 3.05. The molecule has 0 radical (unpaired) electrons. The molecule has 1 aromatic rings. The van der Waals surface area contributed by atoms with Crippen LogP contribution in [-0.4, -0.2) is 37.5 Å². The van der Waals surface area contributed by atoms with Gasteiger partial charge in [-0.05, 0) is 31.0 Å². The van der Waals surface area contributed by atoms with E-state index in [-0.39, 0.29) is 23.1 Å². The van der Waals surface area contributed by atoms with E-state index in [2.05, 4.69) is 10.1 Å². The van der Waals surface area contributed by atoms with E-state index in [9.17, 15) is 23.2 Å². The van der Waals surface area contributed by atoms with E-state index in [4.69, 9.17) is 4.74 Å². The summed E-state index contributed by atoms with van der Waals surface area (Å²) in [6, 6.07) is 3.49. The normalized spacial score (nSPS) is 13.2. The van der Waals surface area contributed by atoms with Gasteiger partial charge in [0, 0.05) is 11.6 Å². The zero-order valence-electron chi connectivity index (χ0n) is 12.6. The van der Waals surface area contributed by atoms with Crippen LogP contribution in [0.4, 0.5) is 8.78 Å². The van der Waals surface area contributed by atoms with Crippen molar-refractivity contribution < 1.29 is 32.6 Å². The molecule has 24 heavy (non-hydrogen) atoms. The third kappa shape index (κ3) is 4.80. The van der Waals surface area contributed by atoms with Gasteiger partial charge in [0.1, 0.15) is 0 Å². The summed E-state index contributed by atoms with van der Waals surface area (Å²) in [6.07, 6.45) is 1.64. The summed E-state index contributed by atoms with van der Waals surface area (Å²) in [5.41, 5.74) is 4.01. The highest BCUT2D eigenvalue weighted by atomic mass is 19.3. The van der Waals surface area contributed by atoms with Crippen LogP contribution in [0, 0.1) is 0 Å².